The summed E-state index contributed by atoms with van der Waals surface area (Å²) in [5, 5.41) is 15.2. The van der Waals surface area contributed by atoms with E-state index in [0.717, 1.165) is 18.8 Å². The molecule has 0 amide bonds. The zero-order valence-corrected chi connectivity index (χ0v) is 24.3. The number of ether oxygens (including phenoxy) is 4. The lowest BCUT2D eigenvalue weighted by atomic mass is 9.80. The molecular weight excluding hydrogens is 566 g/mol. The van der Waals surface area contributed by atoms with Crippen molar-refractivity contribution in [1.82, 2.24) is 5.32 Å². The van der Waals surface area contributed by atoms with Gasteiger partial charge >= 0.3 is 11.9 Å². The minimum Gasteiger partial charge on any atom is -0.466 e. The lowest BCUT2D eigenvalue weighted by Crippen LogP contribution is -2.45. The van der Waals surface area contributed by atoms with Crippen LogP contribution < -0.4 is 10.2 Å². The molecule has 3 heterocycles. The van der Waals surface area contributed by atoms with Gasteiger partial charge < -0.3 is 29.2 Å². The van der Waals surface area contributed by atoms with E-state index in [1.54, 1.807) is 19.9 Å². The fraction of sp³-hybridized carbons (Fsp3) is 0.400. The van der Waals surface area contributed by atoms with E-state index in [2.05, 4.69) is 10.2 Å². The van der Waals surface area contributed by atoms with Gasteiger partial charge in [-0.2, -0.15) is 0 Å². The number of benzene rings is 2. The monoisotopic (exact) mass is 597 g/mol. The number of anilines is 1. The Morgan fingerprint density at radius 3 is 2.40 bits per heavy atom. The smallest absolute Gasteiger partial charge is 0.336 e. The highest BCUT2D eigenvalue weighted by Gasteiger charge is 2.45. The maximum atomic E-state index is 13.6. The molecule has 1 spiro atoms. The first-order valence-corrected chi connectivity index (χ1v) is 14.0. The first-order chi connectivity index (χ1) is 20.1. The van der Waals surface area contributed by atoms with Crippen LogP contribution in [0.1, 0.15) is 38.2 Å². The molecule has 0 saturated carbocycles. The van der Waals surface area contributed by atoms with Crippen LogP contribution in [-0.4, -0.2) is 62.2 Å². The molecule has 0 radical (unpaired) electrons. The summed E-state index contributed by atoms with van der Waals surface area (Å²) in [4.78, 5) is 39.6. The molecule has 222 valence electrons. The quantitative estimate of drug-likeness (QED) is 0.274. The Balaban J connectivity index is 1.28. The maximum absolute atomic E-state index is 13.6. The average Bonchev–Trinajstić information content (AvgIpc) is 3.38. The molecule has 2 atom stereocenters. The second-order valence-electron chi connectivity index (χ2n) is 10.5. The zero-order chi connectivity index (χ0) is 30.0. The van der Waals surface area contributed by atoms with Gasteiger partial charge in [0.1, 0.15) is 12.7 Å². The number of piperidine rings is 1. The minimum atomic E-state index is -0.935. The van der Waals surface area contributed by atoms with Crippen molar-refractivity contribution in [2.24, 2.45) is 0 Å². The summed E-state index contributed by atoms with van der Waals surface area (Å²) in [5.74, 6) is -3.01. The molecule has 12 heteroatoms. The zero-order valence-electron chi connectivity index (χ0n) is 23.6. The van der Waals surface area contributed by atoms with Gasteiger partial charge in [-0.1, -0.05) is 23.7 Å². The molecule has 42 heavy (non-hydrogen) atoms. The topological polar surface area (TPSA) is 129 Å². The number of dihydropyridines is 1. The van der Waals surface area contributed by atoms with Crippen LogP contribution in [0.5, 0.6) is 0 Å². The highest BCUT2D eigenvalue weighted by Crippen LogP contribution is 2.41. The van der Waals surface area contributed by atoms with E-state index in [1.165, 1.54) is 25.3 Å². The van der Waals surface area contributed by atoms with Crippen LogP contribution in [0.2, 0.25) is 5.02 Å². The van der Waals surface area contributed by atoms with Gasteiger partial charge in [-0.25, -0.2) is 9.59 Å². The fourth-order valence-electron chi connectivity index (χ4n) is 5.76. The first kappa shape index (κ1) is 29.6. The van der Waals surface area contributed by atoms with E-state index < -0.39 is 34.7 Å². The number of nitro groups is 1. The Morgan fingerprint density at radius 2 is 1.76 bits per heavy atom. The van der Waals surface area contributed by atoms with E-state index in [0.29, 0.717) is 34.8 Å². The molecule has 11 nitrogen and oxygen atoms in total. The lowest BCUT2D eigenvalue weighted by Gasteiger charge is -2.39. The standard InChI is InChI=1S/C30H32ClN3O8/c1-18-25(28(35)39-3)27(20-5-4-6-23(15-20)34(37)38)26(19(2)32-18)29(36)40-16-24-17-41-30(42-24)11-13-33(14-12-30)22-9-7-21(31)8-10-22/h4-10,15,24,27,32H,11-14,16-17H2,1-3H3/t24?,27-/m0/s1. The molecule has 0 aromatic heterocycles. The number of nitro benzene ring substituents is 1. The van der Waals surface area contributed by atoms with Crippen molar-refractivity contribution in [2.75, 3.05) is 38.3 Å². The number of nitrogens with zero attached hydrogens (tertiary/aromatic N) is 2. The Kier molecular flexibility index (Phi) is 8.53. The number of carbonyl (C=O) groups excluding carboxylic acids is 2. The Hall–Kier alpha value is -3.93. The van der Waals surface area contributed by atoms with Gasteiger partial charge in [0.2, 0.25) is 0 Å². The molecule has 2 fully saturated rings. The molecule has 3 aliphatic heterocycles. The molecule has 2 aromatic carbocycles. The predicted molar refractivity (Wildman–Crippen MR) is 154 cm³/mol. The van der Waals surface area contributed by atoms with Gasteiger partial charge in [-0.15, -0.1) is 0 Å². The number of nitrogens with one attached hydrogen (secondary N) is 1. The highest BCUT2D eigenvalue weighted by atomic mass is 35.5. The van der Waals surface area contributed by atoms with Crippen LogP contribution >= 0.6 is 11.6 Å². The number of hydrogen-bond acceptors (Lipinski definition) is 10. The van der Waals surface area contributed by atoms with Crippen LogP contribution in [0.15, 0.2) is 71.1 Å². The largest absolute Gasteiger partial charge is 0.466 e. The number of rotatable bonds is 7. The number of carbonyl (C=O) groups is 2. The van der Waals surface area contributed by atoms with Crippen LogP contribution in [0, 0.1) is 10.1 Å². The van der Waals surface area contributed by atoms with Crippen molar-refractivity contribution >= 4 is 34.9 Å². The normalized spacial score (nSPS) is 21.8. The van der Waals surface area contributed by atoms with Crippen molar-refractivity contribution in [2.45, 2.75) is 44.5 Å². The van der Waals surface area contributed by atoms with Gasteiger partial charge in [0.25, 0.3) is 5.69 Å². The summed E-state index contributed by atoms with van der Waals surface area (Å²) in [6, 6.07) is 13.5. The van der Waals surface area contributed by atoms with Crippen molar-refractivity contribution < 1.29 is 33.5 Å². The molecule has 0 bridgehead atoms. The van der Waals surface area contributed by atoms with Crippen LogP contribution in [0.4, 0.5) is 11.4 Å². The first-order valence-electron chi connectivity index (χ1n) is 13.6. The summed E-state index contributed by atoms with van der Waals surface area (Å²) in [7, 11) is 1.24. The molecule has 0 aliphatic carbocycles. The molecule has 1 unspecified atom stereocenters. The van der Waals surface area contributed by atoms with Crippen molar-refractivity contribution in [1.29, 1.82) is 0 Å². The predicted octanol–water partition coefficient (Wildman–Crippen LogP) is 4.61. The lowest BCUT2D eigenvalue weighted by molar-refractivity contribution is -0.384. The van der Waals surface area contributed by atoms with Crippen LogP contribution in [0.3, 0.4) is 0 Å². The van der Waals surface area contributed by atoms with Crippen molar-refractivity contribution in [3.8, 4) is 0 Å². The summed E-state index contributed by atoms with van der Waals surface area (Å²) < 4.78 is 23.1. The third-order valence-corrected chi connectivity index (χ3v) is 8.08. The van der Waals surface area contributed by atoms with Gasteiger partial charge in [-0.05, 0) is 43.7 Å². The van der Waals surface area contributed by atoms with E-state index in [9.17, 15) is 19.7 Å². The van der Waals surface area contributed by atoms with E-state index >= 15 is 0 Å². The maximum Gasteiger partial charge on any atom is 0.336 e. The summed E-state index contributed by atoms with van der Waals surface area (Å²) in [6.07, 6.45) is 0.827. The molecule has 1 N–H and O–H groups in total. The Labute approximate surface area is 248 Å². The SMILES string of the molecule is COC(=O)C1=C(C)NC(C)=C(C(=O)OCC2COC3(CCN(c4ccc(Cl)cc4)CC3)O2)[C@H]1c1cccc([N+](=O)[O-])c1. The van der Waals surface area contributed by atoms with Gasteiger partial charge in [0, 0.05) is 60.2 Å². The van der Waals surface area contributed by atoms with Gasteiger partial charge in [-0.3, -0.25) is 10.1 Å². The number of halogens is 1. The highest BCUT2D eigenvalue weighted by molar-refractivity contribution is 6.30. The Bertz CT molecular complexity index is 1450. The molecule has 5 rings (SSSR count). The summed E-state index contributed by atoms with van der Waals surface area (Å²) in [5.41, 5.74) is 2.58. The number of non-ortho nitro benzene ring substituents is 1. The van der Waals surface area contributed by atoms with Gasteiger partial charge in [0.05, 0.1) is 35.7 Å². The second-order valence-corrected chi connectivity index (χ2v) is 10.9. The second kappa shape index (κ2) is 12.1. The molecule has 2 aromatic rings. The molecule has 3 aliphatic rings. The number of methoxy groups -OCH3 is 1. The van der Waals surface area contributed by atoms with E-state index in [-0.39, 0.29) is 30.0 Å². The van der Waals surface area contributed by atoms with Crippen molar-refractivity contribution in [3.05, 3.63) is 91.8 Å². The molecule has 2 saturated heterocycles. The third kappa shape index (κ3) is 5.99. The summed E-state index contributed by atoms with van der Waals surface area (Å²) >= 11 is 6.02. The van der Waals surface area contributed by atoms with Crippen molar-refractivity contribution in [3.63, 3.8) is 0 Å². The number of esters is 2. The fourth-order valence-corrected chi connectivity index (χ4v) is 5.89. The van der Waals surface area contributed by atoms with Gasteiger partial charge in [0.15, 0.2) is 5.79 Å². The number of allylic oxidation sites excluding steroid dienone is 2. The number of hydrogen-bond donors (Lipinski definition) is 1. The molecular formula is C30H32ClN3O8. The Morgan fingerprint density at radius 1 is 1.10 bits per heavy atom. The average molecular weight is 598 g/mol. The van der Waals surface area contributed by atoms with E-state index in [4.69, 9.17) is 30.5 Å². The summed E-state index contributed by atoms with van der Waals surface area (Å²) in [6.45, 7) is 5.06. The third-order valence-electron chi connectivity index (χ3n) is 7.83. The minimum absolute atomic E-state index is 0.0594. The van der Waals surface area contributed by atoms with E-state index in [1.807, 2.05) is 24.3 Å². The van der Waals surface area contributed by atoms with Crippen LogP contribution in [-0.2, 0) is 28.5 Å². The van der Waals surface area contributed by atoms with Crippen LogP contribution in [0.25, 0.3) is 0 Å².